The fourth-order valence-electron chi connectivity index (χ4n) is 3.17. The average Bonchev–Trinajstić information content (AvgIpc) is 3.38. The van der Waals surface area contributed by atoms with Gasteiger partial charge in [-0.1, -0.05) is 6.07 Å². The van der Waals surface area contributed by atoms with Crippen LogP contribution in [0.5, 0.6) is 0 Å². The predicted molar refractivity (Wildman–Crippen MR) is 89.4 cm³/mol. The van der Waals surface area contributed by atoms with Gasteiger partial charge >= 0.3 is 0 Å². The Balaban J connectivity index is 1.78. The van der Waals surface area contributed by atoms with Crippen molar-refractivity contribution in [2.75, 3.05) is 11.9 Å². The summed E-state index contributed by atoms with van der Waals surface area (Å²) in [5.74, 6) is 0.172. The van der Waals surface area contributed by atoms with Gasteiger partial charge in [0.05, 0.1) is 11.3 Å². The molecule has 0 atom stereocenters. The van der Waals surface area contributed by atoms with Crippen LogP contribution in [0.3, 0.4) is 0 Å². The number of fused-ring (bicyclic) bond motifs is 1. The molecule has 2 aliphatic rings. The lowest BCUT2D eigenvalue weighted by Gasteiger charge is -2.22. The van der Waals surface area contributed by atoms with E-state index in [1.165, 1.54) is 16.7 Å². The summed E-state index contributed by atoms with van der Waals surface area (Å²) >= 11 is 0. The molecule has 0 spiro atoms. The molecule has 2 heterocycles. The number of rotatable bonds is 3. The van der Waals surface area contributed by atoms with Crippen molar-refractivity contribution in [3.63, 3.8) is 0 Å². The maximum absolute atomic E-state index is 14.4. The summed E-state index contributed by atoms with van der Waals surface area (Å²) in [6.45, 7) is 0.503. The van der Waals surface area contributed by atoms with Crippen LogP contribution < -0.4 is 16.2 Å². The van der Waals surface area contributed by atoms with Crippen molar-refractivity contribution in [2.45, 2.75) is 25.2 Å². The number of pyridine rings is 1. The van der Waals surface area contributed by atoms with Crippen LogP contribution in [-0.4, -0.2) is 17.0 Å². The fraction of sp³-hybridized carbons (Fsp3) is 0.333. The highest BCUT2D eigenvalue weighted by Gasteiger charge is 2.26. The number of nitrogens with zero attached hydrogens (tertiary/aromatic N) is 1. The first-order chi connectivity index (χ1) is 11.5. The minimum absolute atomic E-state index is 0.221. The third-order valence-electron chi connectivity index (χ3n) is 4.72. The SMILES string of the molecule is Cn1c(Nc2ccc(C3CC3)cc2F)c2c(cc1=O)CCNC2=O. The number of anilines is 2. The molecule has 124 valence electrons. The van der Waals surface area contributed by atoms with Crippen molar-refractivity contribution in [2.24, 2.45) is 7.05 Å². The topological polar surface area (TPSA) is 63.1 Å². The van der Waals surface area contributed by atoms with Crippen LogP contribution in [0.15, 0.2) is 29.1 Å². The van der Waals surface area contributed by atoms with Crippen LogP contribution in [-0.2, 0) is 13.5 Å². The van der Waals surface area contributed by atoms with E-state index in [4.69, 9.17) is 0 Å². The molecule has 4 rings (SSSR count). The third kappa shape index (κ3) is 2.48. The highest BCUT2D eigenvalue weighted by molar-refractivity contribution is 6.01. The Morgan fingerprint density at radius 1 is 1.25 bits per heavy atom. The summed E-state index contributed by atoms with van der Waals surface area (Å²) < 4.78 is 15.8. The van der Waals surface area contributed by atoms with E-state index in [0.717, 1.165) is 18.4 Å². The first-order valence-electron chi connectivity index (χ1n) is 8.12. The summed E-state index contributed by atoms with van der Waals surface area (Å²) in [4.78, 5) is 24.4. The van der Waals surface area contributed by atoms with E-state index in [0.29, 0.717) is 35.8 Å². The molecule has 1 aliphatic carbocycles. The summed E-state index contributed by atoms with van der Waals surface area (Å²) in [5, 5.41) is 5.72. The molecule has 2 aromatic rings. The number of benzene rings is 1. The molecule has 1 fully saturated rings. The number of aromatic nitrogens is 1. The van der Waals surface area contributed by atoms with Crippen molar-refractivity contribution in [3.05, 3.63) is 57.1 Å². The number of amides is 1. The van der Waals surface area contributed by atoms with Crippen LogP contribution in [0, 0.1) is 5.82 Å². The molecule has 0 saturated heterocycles. The Kier molecular flexibility index (Phi) is 3.40. The number of nitrogens with one attached hydrogen (secondary N) is 2. The van der Waals surface area contributed by atoms with Crippen molar-refractivity contribution in [1.82, 2.24) is 9.88 Å². The predicted octanol–water partition coefficient (Wildman–Crippen LogP) is 2.43. The summed E-state index contributed by atoms with van der Waals surface area (Å²) in [5.41, 5.74) is 2.15. The van der Waals surface area contributed by atoms with Crippen LogP contribution in [0.25, 0.3) is 0 Å². The number of hydrogen-bond donors (Lipinski definition) is 2. The average molecular weight is 327 g/mol. The summed E-state index contributed by atoms with van der Waals surface area (Å²) in [7, 11) is 1.57. The number of hydrogen-bond acceptors (Lipinski definition) is 3. The molecule has 1 amide bonds. The van der Waals surface area contributed by atoms with Gasteiger partial charge in [-0.3, -0.25) is 14.2 Å². The zero-order valence-electron chi connectivity index (χ0n) is 13.4. The van der Waals surface area contributed by atoms with Gasteiger partial charge in [-0.25, -0.2) is 4.39 Å². The molecule has 0 unspecified atom stereocenters. The normalized spacial score (nSPS) is 16.5. The van der Waals surface area contributed by atoms with E-state index >= 15 is 0 Å². The summed E-state index contributed by atoms with van der Waals surface area (Å²) in [6, 6.07) is 6.59. The van der Waals surface area contributed by atoms with Gasteiger partial charge in [0, 0.05) is 19.7 Å². The van der Waals surface area contributed by atoms with E-state index in [-0.39, 0.29) is 23.0 Å². The lowest BCUT2D eigenvalue weighted by Crippen LogP contribution is -2.36. The lowest BCUT2D eigenvalue weighted by atomic mass is 10.0. The van der Waals surface area contributed by atoms with Crippen LogP contribution in [0.2, 0.25) is 0 Å². The zero-order valence-corrected chi connectivity index (χ0v) is 13.4. The van der Waals surface area contributed by atoms with Crippen molar-refractivity contribution >= 4 is 17.4 Å². The Hall–Kier alpha value is -2.63. The molecular weight excluding hydrogens is 309 g/mol. The fourth-order valence-corrected chi connectivity index (χ4v) is 3.17. The Morgan fingerprint density at radius 3 is 2.75 bits per heavy atom. The Bertz CT molecular complexity index is 900. The quantitative estimate of drug-likeness (QED) is 0.910. The molecule has 6 heteroatoms. The van der Waals surface area contributed by atoms with Gasteiger partial charge in [-0.2, -0.15) is 0 Å². The van der Waals surface area contributed by atoms with Crippen molar-refractivity contribution < 1.29 is 9.18 Å². The maximum Gasteiger partial charge on any atom is 0.255 e. The van der Waals surface area contributed by atoms with Gasteiger partial charge in [0.25, 0.3) is 11.5 Å². The zero-order chi connectivity index (χ0) is 16.8. The Labute approximate surface area is 138 Å². The minimum atomic E-state index is -0.374. The van der Waals surface area contributed by atoms with E-state index in [2.05, 4.69) is 10.6 Å². The van der Waals surface area contributed by atoms with Gasteiger partial charge in [-0.15, -0.1) is 0 Å². The second kappa shape index (κ2) is 5.47. The number of carbonyl (C=O) groups excluding carboxylic acids is 1. The van der Waals surface area contributed by atoms with Crippen LogP contribution in [0.1, 0.15) is 40.2 Å². The highest BCUT2D eigenvalue weighted by atomic mass is 19.1. The monoisotopic (exact) mass is 327 g/mol. The van der Waals surface area contributed by atoms with Crippen LogP contribution in [0.4, 0.5) is 15.9 Å². The molecular formula is C18H18FN3O2. The van der Waals surface area contributed by atoms with Gasteiger partial charge in [0.15, 0.2) is 0 Å². The number of carbonyl (C=O) groups is 1. The van der Waals surface area contributed by atoms with E-state index in [9.17, 15) is 14.0 Å². The smallest absolute Gasteiger partial charge is 0.255 e. The first kappa shape index (κ1) is 14.9. The van der Waals surface area contributed by atoms with Gasteiger partial charge < -0.3 is 10.6 Å². The van der Waals surface area contributed by atoms with Gasteiger partial charge in [0.2, 0.25) is 0 Å². The largest absolute Gasteiger partial charge is 0.352 e. The molecule has 0 bridgehead atoms. The molecule has 5 nitrogen and oxygen atoms in total. The molecule has 1 aromatic heterocycles. The summed E-state index contributed by atoms with van der Waals surface area (Å²) in [6.07, 6.45) is 2.80. The van der Waals surface area contributed by atoms with Gasteiger partial charge in [-0.05, 0) is 48.4 Å². The van der Waals surface area contributed by atoms with Crippen molar-refractivity contribution in [1.29, 1.82) is 0 Å². The van der Waals surface area contributed by atoms with E-state index in [1.54, 1.807) is 13.1 Å². The van der Waals surface area contributed by atoms with Crippen molar-refractivity contribution in [3.8, 4) is 0 Å². The standard InChI is InChI=1S/C18H18FN3O2/c1-22-15(23)9-12-6-7-20-18(24)16(12)17(22)21-14-5-4-11(8-13(14)19)10-2-3-10/h4-5,8-10,21H,2-3,6-7H2,1H3,(H,20,24). The maximum atomic E-state index is 14.4. The molecule has 1 aliphatic heterocycles. The molecule has 1 saturated carbocycles. The first-order valence-corrected chi connectivity index (χ1v) is 8.12. The van der Waals surface area contributed by atoms with E-state index in [1.807, 2.05) is 6.07 Å². The van der Waals surface area contributed by atoms with Crippen LogP contribution >= 0.6 is 0 Å². The second-order valence-electron chi connectivity index (χ2n) is 6.43. The third-order valence-corrected chi connectivity index (χ3v) is 4.72. The molecule has 24 heavy (non-hydrogen) atoms. The highest BCUT2D eigenvalue weighted by Crippen LogP contribution is 2.41. The molecule has 2 N–H and O–H groups in total. The number of halogens is 1. The minimum Gasteiger partial charge on any atom is -0.352 e. The van der Waals surface area contributed by atoms with Gasteiger partial charge in [0.1, 0.15) is 11.6 Å². The van der Waals surface area contributed by atoms with E-state index < -0.39 is 0 Å². The molecule has 1 aromatic carbocycles. The second-order valence-corrected chi connectivity index (χ2v) is 6.43. The Morgan fingerprint density at radius 2 is 2.04 bits per heavy atom. The lowest BCUT2D eigenvalue weighted by molar-refractivity contribution is 0.0946. The molecule has 0 radical (unpaired) electrons.